The van der Waals surface area contributed by atoms with Crippen LogP contribution in [0.5, 0.6) is 0 Å². The summed E-state index contributed by atoms with van der Waals surface area (Å²) in [6.45, 7) is 5.53. The van der Waals surface area contributed by atoms with Crippen LogP contribution in [-0.4, -0.2) is 43.6 Å². The first kappa shape index (κ1) is 17.2. The Labute approximate surface area is 140 Å². The van der Waals surface area contributed by atoms with Crippen LogP contribution in [0.25, 0.3) is 0 Å². The van der Waals surface area contributed by atoms with E-state index in [9.17, 15) is 13.2 Å². The first-order valence-corrected chi connectivity index (χ1v) is 10.6. The van der Waals surface area contributed by atoms with Crippen LogP contribution in [0.4, 0.5) is 0 Å². The van der Waals surface area contributed by atoms with Crippen molar-refractivity contribution in [3.05, 3.63) is 0 Å². The number of carbonyl (C=O) groups is 1. The van der Waals surface area contributed by atoms with E-state index < -0.39 is 15.3 Å². The van der Waals surface area contributed by atoms with Gasteiger partial charge in [-0.05, 0) is 49.9 Å². The summed E-state index contributed by atoms with van der Waals surface area (Å²) in [4.78, 5) is 14.3. The van der Waals surface area contributed by atoms with E-state index in [0.717, 1.165) is 25.7 Å². The van der Waals surface area contributed by atoms with E-state index >= 15 is 0 Å². The van der Waals surface area contributed by atoms with Crippen LogP contribution in [0, 0.1) is 11.3 Å². The highest BCUT2D eigenvalue weighted by Gasteiger charge is 2.39. The topological polar surface area (TPSA) is 66.5 Å². The van der Waals surface area contributed by atoms with Gasteiger partial charge in [0.05, 0.1) is 5.25 Å². The van der Waals surface area contributed by atoms with Gasteiger partial charge in [0, 0.05) is 25.6 Å². The minimum absolute atomic E-state index is 0.147. The molecule has 132 valence electrons. The molecule has 0 unspecified atom stereocenters. The normalized spacial score (nSPS) is 31.3. The average Bonchev–Trinajstić information content (AvgIpc) is 3.08. The summed E-state index contributed by atoms with van der Waals surface area (Å²) in [5.74, 6) is 0.614. The van der Waals surface area contributed by atoms with Gasteiger partial charge < -0.3 is 4.90 Å². The van der Waals surface area contributed by atoms with Crippen LogP contribution in [0.3, 0.4) is 0 Å². The fourth-order valence-corrected chi connectivity index (χ4v) is 5.83. The maximum Gasteiger partial charge on any atom is 0.222 e. The molecule has 5 nitrogen and oxygen atoms in total. The Morgan fingerprint density at radius 2 is 1.96 bits per heavy atom. The lowest BCUT2D eigenvalue weighted by Gasteiger charge is -2.35. The van der Waals surface area contributed by atoms with E-state index in [1.807, 2.05) is 0 Å². The van der Waals surface area contributed by atoms with Crippen LogP contribution in [0.1, 0.15) is 65.2 Å². The molecule has 23 heavy (non-hydrogen) atoms. The second kappa shape index (κ2) is 6.36. The summed E-state index contributed by atoms with van der Waals surface area (Å²) in [6.07, 6.45) is 7.75. The number of hydrogen-bond donors (Lipinski definition) is 1. The molecule has 0 aromatic carbocycles. The minimum Gasteiger partial charge on any atom is -0.341 e. The van der Waals surface area contributed by atoms with E-state index in [2.05, 4.69) is 18.6 Å². The molecule has 3 rings (SSSR count). The summed E-state index contributed by atoms with van der Waals surface area (Å²) in [5, 5.41) is -0.421. The molecule has 1 saturated heterocycles. The monoisotopic (exact) mass is 342 g/mol. The number of hydrogen-bond acceptors (Lipinski definition) is 3. The smallest absolute Gasteiger partial charge is 0.222 e. The lowest BCUT2D eigenvalue weighted by molar-refractivity contribution is -0.131. The highest BCUT2D eigenvalue weighted by molar-refractivity contribution is 7.90. The SMILES string of the molecule is CC1(C)CCC[C@@H](CC(=O)N2CC[C@H](S(=O)(=O)NC3CC3)C2)C1. The number of rotatable bonds is 5. The van der Waals surface area contributed by atoms with Crippen molar-refractivity contribution in [2.24, 2.45) is 11.3 Å². The number of carbonyl (C=O) groups excluding carboxylic acids is 1. The molecular formula is C17H30N2O3S. The van der Waals surface area contributed by atoms with Crippen molar-refractivity contribution in [1.82, 2.24) is 9.62 Å². The molecule has 1 amide bonds. The van der Waals surface area contributed by atoms with Crippen LogP contribution in [0.2, 0.25) is 0 Å². The van der Waals surface area contributed by atoms with E-state index in [4.69, 9.17) is 0 Å². The standard InChI is InChI=1S/C17H30N2O3S/c1-17(2)8-3-4-13(11-17)10-16(20)19-9-7-15(12-19)23(21,22)18-14-5-6-14/h13-15,18H,3-12H2,1-2H3/t13-,15-/m0/s1. The molecule has 0 aromatic rings. The molecule has 2 aliphatic carbocycles. The van der Waals surface area contributed by atoms with Gasteiger partial charge >= 0.3 is 0 Å². The van der Waals surface area contributed by atoms with Crippen LogP contribution in [0.15, 0.2) is 0 Å². The Balaban J connectivity index is 1.51. The third-order valence-electron chi connectivity index (χ3n) is 5.62. The first-order valence-electron chi connectivity index (χ1n) is 9.04. The number of nitrogens with one attached hydrogen (secondary N) is 1. The maximum absolute atomic E-state index is 12.5. The van der Waals surface area contributed by atoms with E-state index in [-0.39, 0.29) is 11.9 Å². The van der Waals surface area contributed by atoms with Gasteiger partial charge in [0.25, 0.3) is 0 Å². The molecule has 0 bridgehead atoms. The van der Waals surface area contributed by atoms with Crippen LogP contribution in [-0.2, 0) is 14.8 Å². The average molecular weight is 343 g/mol. The lowest BCUT2D eigenvalue weighted by atomic mass is 9.71. The van der Waals surface area contributed by atoms with Crippen molar-refractivity contribution in [1.29, 1.82) is 0 Å². The number of likely N-dealkylation sites (tertiary alicyclic amines) is 1. The van der Waals surface area contributed by atoms with Gasteiger partial charge in [-0.1, -0.05) is 20.3 Å². The first-order chi connectivity index (χ1) is 10.8. The maximum atomic E-state index is 12.5. The van der Waals surface area contributed by atoms with E-state index in [1.54, 1.807) is 4.90 Å². The summed E-state index contributed by atoms with van der Waals surface area (Å²) in [5.41, 5.74) is 0.342. The largest absolute Gasteiger partial charge is 0.341 e. The zero-order chi connectivity index (χ0) is 16.7. The number of sulfonamides is 1. The summed E-state index contributed by atoms with van der Waals surface area (Å²) < 4.78 is 27.3. The van der Waals surface area contributed by atoms with Crippen molar-refractivity contribution in [3.8, 4) is 0 Å². The third-order valence-corrected chi connectivity index (χ3v) is 7.54. The Bertz CT molecular complexity index is 554. The van der Waals surface area contributed by atoms with Crippen molar-refractivity contribution >= 4 is 15.9 Å². The molecule has 3 aliphatic rings. The second-order valence-corrected chi connectivity index (χ2v) is 10.5. The number of amides is 1. The molecule has 6 heteroatoms. The van der Waals surface area contributed by atoms with Gasteiger partial charge in [-0.15, -0.1) is 0 Å². The van der Waals surface area contributed by atoms with Crippen molar-refractivity contribution in [2.45, 2.75) is 76.5 Å². The number of nitrogens with zero attached hydrogens (tertiary/aromatic N) is 1. The Morgan fingerprint density at radius 3 is 2.61 bits per heavy atom. The molecule has 0 radical (unpaired) electrons. The summed E-state index contributed by atoms with van der Waals surface area (Å²) in [6, 6.07) is 0.147. The molecule has 1 heterocycles. The zero-order valence-corrected chi connectivity index (χ0v) is 15.2. The molecule has 0 spiro atoms. The quantitative estimate of drug-likeness (QED) is 0.833. The summed E-state index contributed by atoms with van der Waals surface area (Å²) >= 11 is 0. The van der Waals surface area contributed by atoms with Crippen molar-refractivity contribution in [3.63, 3.8) is 0 Å². The Morgan fingerprint density at radius 1 is 1.22 bits per heavy atom. The van der Waals surface area contributed by atoms with Gasteiger partial charge in [-0.3, -0.25) is 4.79 Å². The van der Waals surface area contributed by atoms with Gasteiger partial charge in [0.1, 0.15) is 0 Å². The molecule has 1 aliphatic heterocycles. The van der Waals surface area contributed by atoms with Gasteiger partial charge in [-0.2, -0.15) is 0 Å². The molecule has 3 fully saturated rings. The molecule has 0 aromatic heterocycles. The molecule has 1 N–H and O–H groups in total. The van der Waals surface area contributed by atoms with E-state index in [0.29, 0.717) is 37.3 Å². The fourth-order valence-electron chi connectivity index (χ4n) is 4.14. The predicted octanol–water partition coefficient (Wildman–Crippen LogP) is 2.28. The Hall–Kier alpha value is -0.620. The van der Waals surface area contributed by atoms with Crippen molar-refractivity contribution in [2.75, 3.05) is 13.1 Å². The van der Waals surface area contributed by atoms with Gasteiger partial charge in [-0.25, -0.2) is 13.1 Å². The molecule has 2 saturated carbocycles. The predicted molar refractivity (Wildman–Crippen MR) is 90.4 cm³/mol. The lowest BCUT2D eigenvalue weighted by Crippen LogP contribution is -2.39. The molecule has 2 atom stereocenters. The summed E-state index contributed by atoms with van der Waals surface area (Å²) in [7, 11) is -3.26. The highest BCUT2D eigenvalue weighted by atomic mass is 32.2. The molecular weight excluding hydrogens is 312 g/mol. The van der Waals surface area contributed by atoms with Crippen LogP contribution >= 0.6 is 0 Å². The van der Waals surface area contributed by atoms with Gasteiger partial charge in [0.15, 0.2) is 0 Å². The third kappa shape index (κ3) is 4.47. The fraction of sp³-hybridized carbons (Fsp3) is 0.941. The van der Waals surface area contributed by atoms with Crippen molar-refractivity contribution < 1.29 is 13.2 Å². The Kier molecular flexibility index (Phi) is 4.76. The van der Waals surface area contributed by atoms with Gasteiger partial charge in [0.2, 0.25) is 15.9 Å². The van der Waals surface area contributed by atoms with Crippen LogP contribution < -0.4 is 4.72 Å². The van der Waals surface area contributed by atoms with E-state index in [1.165, 1.54) is 12.8 Å². The zero-order valence-electron chi connectivity index (χ0n) is 14.4. The second-order valence-electron chi connectivity index (χ2n) is 8.52. The minimum atomic E-state index is -3.26. The highest BCUT2D eigenvalue weighted by Crippen LogP contribution is 2.40.